The summed E-state index contributed by atoms with van der Waals surface area (Å²) in [5, 5.41) is 13.1. The molecule has 2 heterocycles. The van der Waals surface area contributed by atoms with Crippen molar-refractivity contribution in [2.24, 2.45) is 0 Å². The van der Waals surface area contributed by atoms with Crippen LogP contribution in [-0.2, 0) is 11.3 Å². The van der Waals surface area contributed by atoms with Crippen molar-refractivity contribution in [1.29, 1.82) is 0 Å². The number of aromatic nitrogens is 2. The minimum Gasteiger partial charge on any atom is -0.391 e. The van der Waals surface area contributed by atoms with Crippen molar-refractivity contribution in [3.05, 3.63) is 53.2 Å². The Labute approximate surface area is 140 Å². The maximum absolute atomic E-state index is 12.6. The molecule has 1 aliphatic heterocycles. The molecule has 1 fully saturated rings. The molecule has 0 bridgehead atoms. The van der Waals surface area contributed by atoms with E-state index < -0.39 is 6.10 Å². The van der Waals surface area contributed by atoms with E-state index in [-0.39, 0.29) is 30.3 Å². The molecule has 1 aromatic heterocycles. The molecule has 126 valence electrons. The highest BCUT2D eigenvalue weighted by Crippen LogP contribution is 2.14. The van der Waals surface area contributed by atoms with E-state index >= 15 is 0 Å². The van der Waals surface area contributed by atoms with Crippen molar-refractivity contribution in [3.63, 3.8) is 0 Å². The molecule has 24 heavy (non-hydrogen) atoms. The number of carbonyl (C=O) groups excluding carboxylic acids is 1. The van der Waals surface area contributed by atoms with Gasteiger partial charge >= 0.3 is 0 Å². The quantitative estimate of drug-likeness (QED) is 0.855. The first kappa shape index (κ1) is 16.5. The van der Waals surface area contributed by atoms with Crippen LogP contribution in [0.1, 0.15) is 19.3 Å². The SMILES string of the molecule is O=C(CC1NCCC[C@@H]1O)Cn1cncc(-c2ccccc2)c1=O. The molecule has 1 saturated heterocycles. The lowest BCUT2D eigenvalue weighted by Crippen LogP contribution is -2.46. The smallest absolute Gasteiger partial charge is 0.261 e. The molecule has 0 amide bonds. The molecule has 0 spiro atoms. The highest BCUT2D eigenvalue weighted by molar-refractivity contribution is 5.79. The molecule has 2 N–H and O–H groups in total. The van der Waals surface area contributed by atoms with Crippen molar-refractivity contribution in [1.82, 2.24) is 14.9 Å². The fourth-order valence-electron chi connectivity index (χ4n) is 3.02. The predicted octanol–water partition coefficient (Wildman–Crippen LogP) is 0.982. The first-order valence-electron chi connectivity index (χ1n) is 8.18. The van der Waals surface area contributed by atoms with Gasteiger partial charge in [0.15, 0.2) is 5.78 Å². The maximum Gasteiger partial charge on any atom is 0.261 e. The van der Waals surface area contributed by atoms with E-state index in [4.69, 9.17) is 0 Å². The fourth-order valence-corrected chi connectivity index (χ4v) is 3.02. The summed E-state index contributed by atoms with van der Waals surface area (Å²) < 4.78 is 1.33. The topological polar surface area (TPSA) is 84.2 Å². The molecule has 2 aromatic rings. The van der Waals surface area contributed by atoms with Gasteiger partial charge < -0.3 is 10.4 Å². The third-order valence-electron chi connectivity index (χ3n) is 4.33. The van der Waals surface area contributed by atoms with Crippen LogP contribution in [0, 0.1) is 0 Å². The summed E-state index contributed by atoms with van der Waals surface area (Å²) in [4.78, 5) is 28.9. The van der Waals surface area contributed by atoms with Crippen LogP contribution in [-0.4, -0.2) is 39.1 Å². The number of aliphatic hydroxyl groups excluding tert-OH is 1. The lowest BCUT2D eigenvalue weighted by molar-refractivity contribution is -0.121. The summed E-state index contributed by atoms with van der Waals surface area (Å²) in [5.41, 5.74) is 1.02. The number of Topliss-reactive ketones (excluding diaryl/α,β-unsaturated/α-hetero) is 1. The van der Waals surface area contributed by atoms with Gasteiger partial charge in [0.2, 0.25) is 0 Å². The Morgan fingerprint density at radius 1 is 1.33 bits per heavy atom. The normalized spacial score (nSPS) is 20.7. The van der Waals surface area contributed by atoms with Crippen LogP contribution in [0.3, 0.4) is 0 Å². The number of nitrogens with one attached hydrogen (secondary N) is 1. The van der Waals surface area contributed by atoms with Crippen LogP contribution in [0.15, 0.2) is 47.7 Å². The Morgan fingerprint density at radius 2 is 2.12 bits per heavy atom. The second-order valence-electron chi connectivity index (χ2n) is 6.12. The molecule has 1 aromatic carbocycles. The van der Waals surface area contributed by atoms with E-state index in [0.717, 1.165) is 18.5 Å². The number of nitrogens with zero attached hydrogens (tertiary/aromatic N) is 2. The standard InChI is InChI=1S/C18H21N3O3/c22-14(9-16-17(23)7-4-8-20-16)11-21-12-19-10-15(18(21)24)13-5-2-1-3-6-13/h1-3,5-6,10,12,16-17,20,23H,4,7-9,11H2/t16?,17-/m0/s1. The fraction of sp³-hybridized carbons (Fsp3) is 0.389. The molecule has 0 aliphatic carbocycles. The summed E-state index contributed by atoms with van der Waals surface area (Å²) in [6, 6.07) is 9.04. The third-order valence-corrected chi connectivity index (χ3v) is 4.33. The number of piperidine rings is 1. The Hall–Kier alpha value is -2.31. The summed E-state index contributed by atoms with van der Waals surface area (Å²) in [6.45, 7) is 0.775. The Kier molecular flexibility index (Phi) is 5.17. The number of benzene rings is 1. The number of aliphatic hydroxyl groups is 1. The second-order valence-corrected chi connectivity index (χ2v) is 6.12. The zero-order valence-electron chi connectivity index (χ0n) is 13.4. The van der Waals surface area contributed by atoms with Gasteiger partial charge in [-0.15, -0.1) is 0 Å². The van der Waals surface area contributed by atoms with E-state index in [2.05, 4.69) is 10.3 Å². The predicted molar refractivity (Wildman–Crippen MR) is 90.6 cm³/mol. The number of ketones is 1. The molecular weight excluding hydrogens is 306 g/mol. The van der Waals surface area contributed by atoms with Gasteiger partial charge in [0.05, 0.1) is 24.5 Å². The molecule has 0 saturated carbocycles. The summed E-state index contributed by atoms with van der Waals surface area (Å²) in [7, 11) is 0. The zero-order valence-corrected chi connectivity index (χ0v) is 13.4. The van der Waals surface area contributed by atoms with E-state index in [1.54, 1.807) is 0 Å². The molecule has 6 nitrogen and oxygen atoms in total. The first-order chi connectivity index (χ1) is 11.6. The molecule has 2 atom stereocenters. The minimum atomic E-state index is -0.506. The van der Waals surface area contributed by atoms with Gasteiger partial charge in [0.1, 0.15) is 0 Å². The number of rotatable bonds is 5. The van der Waals surface area contributed by atoms with Crippen molar-refractivity contribution >= 4 is 5.78 Å². The Bertz CT molecular complexity index is 758. The largest absolute Gasteiger partial charge is 0.391 e. The minimum absolute atomic E-state index is 0.0304. The van der Waals surface area contributed by atoms with E-state index in [1.165, 1.54) is 17.1 Å². The third kappa shape index (κ3) is 3.77. The van der Waals surface area contributed by atoms with Gasteiger partial charge in [0.25, 0.3) is 5.56 Å². The van der Waals surface area contributed by atoms with Crippen molar-refractivity contribution in [2.75, 3.05) is 6.54 Å². The highest BCUT2D eigenvalue weighted by Gasteiger charge is 2.25. The number of hydrogen-bond acceptors (Lipinski definition) is 5. The van der Waals surface area contributed by atoms with Crippen molar-refractivity contribution in [3.8, 4) is 11.1 Å². The molecular formula is C18H21N3O3. The number of hydrogen-bond donors (Lipinski definition) is 2. The van der Waals surface area contributed by atoms with Crippen LogP contribution >= 0.6 is 0 Å². The molecule has 1 aliphatic rings. The average molecular weight is 327 g/mol. The second kappa shape index (κ2) is 7.51. The Balaban J connectivity index is 1.73. The summed E-state index contributed by atoms with van der Waals surface area (Å²) in [6.07, 6.45) is 4.23. The van der Waals surface area contributed by atoms with Gasteiger partial charge in [0, 0.05) is 18.7 Å². The van der Waals surface area contributed by atoms with Crippen LogP contribution in [0.4, 0.5) is 0 Å². The summed E-state index contributed by atoms with van der Waals surface area (Å²) in [5.74, 6) is -0.0949. The first-order valence-corrected chi connectivity index (χ1v) is 8.18. The summed E-state index contributed by atoms with van der Waals surface area (Å²) >= 11 is 0. The van der Waals surface area contributed by atoms with Gasteiger partial charge in [-0.25, -0.2) is 4.98 Å². The van der Waals surface area contributed by atoms with E-state index in [0.29, 0.717) is 12.0 Å². The molecule has 1 unspecified atom stereocenters. The average Bonchev–Trinajstić information content (AvgIpc) is 2.60. The van der Waals surface area contributed by atoms with Crippen LogP contribution in [0.25, 0.3) is 11.1 Å². The molecule has 3 rings (SSSR count). The lowest BCUT2D eigenvalue weighted by atomic mass is 9.97. The molecule has 0 radical (unpaired) electrons. The molecule has 6 heteroatoms. The monoisotopic (exact) mass is 327 g/mol. The van der Waals surface area contributed by atoms with Crippen LogP contribution < -0.4 is 10.9 Å². The number of carbonyl (C=O) groups is 1. The van der Waals surface area contributed by atoms with Crippen molar-refractivity contribution < 1.29 is 9.90 Å². The van der Waals surface area contributed by atoms with Gasteiger partial charge in [-0.3, -0.25) is 14.2 Å². The van der Waals surface area contributed by atoms with Crippen molar-refractivity contribution in [2.45, 2.75) is 38.0 Å². The maximum atomic E-state index is 12.6. The van der Waals surface area contributed by atoms with Crippen LogP contribution in [0.2, 0.25) is 0 Å². The van der Waals surface area contributed by atoms with Gasteiger partial charge in [-0.05, 0) is 24.9 Å². The Morgan fingerprint density at radius 3 is 2.88 bits per heavy atom. The zero-order chi connectivity index (χ0) is 16.9. The van der Waals surface area contributed by atoms with Gasteiger partial charge in [-0.2, -0.15) is 0 Å². The van der Waals surface area contributed by atoms with E-state index in [9.17, 15) is 14.7 Å². The van der Waals surface area contributed by atoms with Crippen LogP contribution in [0.5, 0.6) is 0 Å². The highest BCUT2D eigenvalue weighted by atomic mass is 16.3. The van der Waals surface area contributed by atoms with Gasteiger partial charge in [-0.1, -0.05) is 30.3 Å². The lowest BCUT2D eigenvalue weighted by Gasteiger charge is -2.28. The van der Waals surface area contributed by atoms with E-state index in [1.807, 2.05) is 30.3 Å².